The van der Waals surface area contributed by atoms with E-state index in [2.05, 4.69) is 21.2 Å². The molecule has 0 aliphatic rings. The largest absolute Gasteiger partial charge is 0.370 e. The summed E-state index contributed by atoms with van der Waals surface area (Å²) in [5, 5.41) is 3.15. The van der Waals surface area contributed by atoms with Crippen LogP contribution in [0.15, 0.2) is 53.0 Å². The highest BCUT2D eigenvalue weighted by atomic mass is 79.9. The van der Waals surface area contributed by atoms with Gasteiger partial charge in [0, 0.05) is 10.2 Å². The molecule has 2 aromatic carbocycles. The minimum atomic E-state index is -0.527. The maximum atomic E-state index is 11.6. The van der Waals surface area contributed by atoms with E-state index in [0.29, 0.717) is 0 Å². The summed E-state index contributed by atoms with van der Waals surface area (Å²) in [7, 11) is 0. The number of carbonyl (C=O) groups excluding carboxylic acids is 1. The quantitative estimate of drug-likeness (QED) is 0.907. The number of benzene rings is 2. The number of aryl methyl sites for hydroxylation is 1. The average molecular weight is 319 g/mol. The summed E-state index contributed by atoms with van der Waals surface area (Å²) in [4.78, 5) is 11.6. The highest BCUT2D eigenvalue weighted by molar-refractivity contribution is 9.10. The van der Waals surface area contributed by atoms with Crippen molar-refractivity contribution in [1.82, 2.24) is 0 Å². The molecule has 4 heteroatoms. The lowest BCUT2D eigenvalue weighted by Gasteiger charge is -2.17. The first-order valence-electron chi connectivity index (χ1n) is 5.94. The Morgan fingerprint density at radius 3 is 2.47 bits per heavy atom. The number of hydrogen-bond acceptors (Lipinski definition) is 2. The van der Waals surface area contributed by atoms with E-state index in [-0.39, 0.29) is 0 Å². The van der Waals surface area contributed by atoms with Crippen molar-refractivity contribution in [1.29, 1.82) is 0 Å². The molecule has 98 valence electrons. The van der Waals surface area contributed by atoms with Crippen LogP contribution in [-0.4, -0.2) is 5.91 Å². The molecule has 0 radical (unpaired) electrons. The summed E-state index contributed by atoms with van der Waals surface area (Å²) in [5.41, 5.74) is 8.31. The minimum Gasteiger partial charge on any atom is -0.370 e. The Bertz CT molecular complexity index is 581. The van der Waals surface area contributed by atoms with Gasteiger partial charge in [-0.1, -0.05) is 45.8 Å². The molecular formula is C15H15BrN2O. The van der Waals surface area contributed by atoms with E-state index in [9.17, 15) is 4.79 Å². The Kier molecular flexibility index (Phi) is 4.22. The summed E-state index contributed by atoms with van der Waals surface area (Å²) >= 11 is 3.38. The number of anilines is 1. The van der Waals surface area contributed by atoms with E-state index in [1.54, 1.807) is 0 Å². The van der Waals surface area contributed by atoms with Crippen LogP contribution < -0.4 is 11.1 Å². The van der Waals surface area contributed by atoms with E-state index in [0.717, 1.165) is 21.3 Å². The van der Waals surface area contributed by atoms with E-state index in [1.807, 2.05) is 55.5 Å². The van der Waals surface area contributed by atoms with Crippen LogP contribution in [0.1, 0.15) is 17.2 Å². The average Bonchev–Trinajstić information content (AvgIpc) is 2.37. The molecule has 0 aliphatic carbocycles. The van der Waals surface area contributed by atoms with Gasteiger partial charge < -0.3 is 11.1 Å². The summed E-state index contributed by atoms with van der Waals surface area (Å²) in [5.74, 6) is -0.395. The smallest absolute Gasteiger partial charge is 0.244 e. The van der Waals surface area contributed by atoms with Crippen LogP contribution in [0.3, 0.4) is 0 Å². The third kappa shape index (κ3) is 3.58. The van der Waals surface area contributed by atoms with E-state index in [1.165, 1.54) is 0 Å². The number of hydrogen-bond donors (Lipinski definition) is 2. The zero-order chi connectivity index (χ0) is 13.8. The Hall–Kier alpha value is -1.81. The summed E-state index contributed by atoms with van der Waals surface area (Å²) in [6.45, 7) is 1.99. The highest BCUT2D eigenvalue weighted by Crippen LogP contribution is 2.21. The number of nitrogens with one attached hydrogen (secondary N) is 1. The zero-order valence-corrected chi connectivity index (χ0v) is 12.1. The molecule has 1 atom stereocenters. The molecule has 0 aliphatic heterocycles. The Labute approximate surface area is 121 Å². The zero-order valence-electron chi connectivity index (χ0n) is 10.6. The van der Waals surface area contributed by atoms with Crippen molar-refractivity contribution in [3.8, 4) is 0 Å². The lowest BCUT2D eigenvalue weighted by Crippen LogP contribution is -2.27. The molecule has 0 spiro atoms. The molecule has 0 saturated carbocycles. The number of nitrogens with two attached hydrogens (primary N) is 1. The lowest BCUT2D eigenvalue weighted by atomic mass is 10.0. The fourth-order valence-corrected chi connectivity index (χ4v) is 2.15. The summed E-state index contributed by atoms with van der Waals surface area (Å²) in [6, 6.07) is 14.9. The van der Waals surface area contributed by atoms with Crippen molar-refractivity contribution in [2.24, 2.45) is 5.73 Å². The van der Waals surface area contributed by atoms with Crippen molar-refractivity contribution in [2.75, 3.05) is 5.32 Å². The van der Waals surface area contributed by atoms with Gasteiger partial charge in [-0.05, 0) is 36.8 Å². The Morgan fingerprint density at radius 1 is 1.21 bits per heavy atom. The van der Waals surface area contributed by atoms with Gasteiger partial charge in [0.25, 0.3) is 0 Å². The summed E-state index contributed by atoms with van der Waals surface area (Å²) in [6.07, 6.45) is 0. The molecule has 2 aromatic rings. The highest BCUT2D eigenvalue weighted by Gasteiger charge is 2.17. The molecule has 0 saturated heterocycles. The van der Waals surface area contributed by atoms with Gasteiger partial charge in [0.05, 0.1) is 0 Å². The lowest BCUT2D eigenvalue weighted by molar-refractivity contribution is -0.118. The molecule has 0 bridgehead atoms. The normalized spacial score (nSPS) is 11.9. The summed E-state index contributed by atoms with van der Waals surface area (Å²) < 4.78 is 0.990. The van der Waals surface area contributed by atoms with E-state index >= 15 is 0 Å². The molecular weight excluding hydrogens is 304 g/mol. The second-order valence-corrected chi connectivity index (χ2v) is 5.32. The van der Waals surface area contributed by atoms with Gasteiger partial charge in [-0.15, -0.1) is 0 Å². The molecule has 19 heavy (non-hydrogen) atoms. The van der Waals surface area contributed by atoms with Crippen LogP contribution in [0, 0.1) is 6.92 Å². The molecule has 3 N–H and O–H groups in total. The number of carbonyl (C=O) groups is 1. The number of amides is 1. The predicted molar refractivity (Wildman–Crippen MR) is 80.9 cm³/mol. The molecule has 0 heterocycles. The molecule has 1 amide bonds. The van der Waals surface area contributed by atoms with Gasteiger partial charge in [0.15, 0.2) is 0 Å². The molecule has 3 nitrogen and oxygen atoms in total. The van der Waals surface area contributed by atoms with Crippen LogP contribution in [0.5, 0.6) is 0 Å². The van der Waals surface area contributed by atoms with Crippen molar-refractivity contribution in [2.45, 2.75) is 13.0 Å². The van der Waals surface area contributed by atoms with E-state index in [4.69, 9.17) is 5.73 Å². The second-order valence-electron chi connectivity index (χ2n) is 4.40. The van der Waals surface area contributed by atoms with Crippen LogP contribution >= 0.6 is 15.9 Å². The van der Waals surface area contributed by atoms with Crippen molar-refractivity contribution in [3.05, 3.63) is 64.1 Å². The SMILES string of the molecule is Cc1cccc(C(Nc2ccc(Br)cc2)C(N)=O)c1. The Balaban J connectivity index is 2.26. The monoisotopic (exact) mass is 318 g/mol. The standard InChI is InChI=1S/C15H15BrN2O/c1-10-3-2-4-11(9-10)14(15(17)19)18-13-7-5-12(16)6-8-13/h2-9,14,18H,1H3,(H2,17,19). The first kappa shape index (κ1) is 13.6. The predicted octanol–water partition coefficient (Wildman–Crippen LogP) is 3.40. The maximum absolute atomic E-state index is 11.6. The third-order valence-electron chi connectivity index (χ3n) is 2.82. The van der Waals surface area contributed by atoms with Gasteiger partial charge in [-0.2, -0.15) is 0 Å². The van der Waals surface area contributed by atoms with Crippen LogP contribution in [0.25, 0.3) is 0 Å². The second kappa shape index (κ2) is 5.89. The van der Waals surface area contributed by atoms with Crippen molar-refractivity contribution < 1.29 is 4.79 Å². The van der Waals surface area contributed by atoms with Crippen LogP contribution in [0.2, 0.25) is 0 Å². The van der Waals surface area contributed by atoms with Gasteiger partial charge >= 0.3 is 0 Å². The van der Waals surface area contributed by atoms with E-state index < -0.39 is 11.9 Å². The maximum Gasteiger partial charge on any atom is 0.244 e. The number of halogens is 1. The first-order valence-corrected chi connectivity index (χ1v) is 6.73. The van der Waals surface area contributed by atoms with Crippen molar-refractivity contribution >= 4 is 27.5 Å². The molecule has 0 aromatic heterocycles. The fraction of sp³-hybridized carbons (Fsp3) is 0.133. The van der Waals surface area contributed by atoms with Crippen molar-refractivity contribution in [3.63, 3.8) is 0 Å². The molecule has 0 fully saturated rings. The van der Waals surface area contributed by atoms with Crippen LogP contribution in [0.4, 0.5) is 5.69 Å². The number of primary amides is 1. The topological polar surface area (TPSA) is 55.1 Å². The van der Waals surface area contributed by atoms with Crippen LogP contribution in [-0.2, 0) is 4.79 Å². The molecule has 1 unspecified atom stereocenters. The Morgan fingerprint density at radius 2 is 1.89 bits per heavy atom. The van der Waals surface area contributed by atoms with Gasteiger partial charge in [-0.25, -0.2) is 0 Å². The first-order chi connectivity index (χ1) is 9.06. The minimum absolute atomic E-state index is 0.395. The third-order valence-corrected chi connectivity index (χ3v) is 3.34. The fourth-order valence-electron chi connectivity index (χ4n) is 1.88. The van der Waals surface area contributed by atoms with Gasteiger partial charge in [0.2, 0.25) is 5.91 Å². The molecule has 2 rings (SSSR count). The number of rotatable bonds is 4. The van der Waals surface area contributed by atoms with Gasteiger partial charge in [-0.3, -0.25) is 4.79 Å². The van der Waals surface area contributed by atoms with Gasteiger partial charge in [0.1, 0.15) is 6.04 Å².